The normalized spacial score (nSPS) is 17.7. The molecule has 0 heterocycles. The summed E-state index contributed by atoms with van der Waals surface area (Å²) in [5, 5.41) is 3.38. The molecule has 1 aliphatic rings. The monoisotopic (exact) mass is 337 g/mol. The van der Waals surface area contributed by atoms with Crippen molar-refractivity contribution in [2.45, 2.75) is 30.3 Å². The van der Waals surface area contributed by atoms with E-state index in [0.717, 1.165) is 15.7 Å². The van der Waals surface area contributed by atoms with Gasteiger partial charge in [0.1, 0.15) is 0 Å². The maximum absolute atomic E-state index is 10.9. The summed E-state index contributed by atoms with van der Waals surface area (Å²) in [6.45, 7) is 0.783. The van der Waals surface area contributed by atoms with Gasteiger partial charge >= 0.3 is 0 Å². The number of nitrogens with one attached hydrogen (secondary N) is 1. The van der Waals surface area contributed by atoms with Crippen LogP contribution in [0.4, 0.5) is 0 Å². The van der Waals surface area contributed by atoms with Crippen LogP contribution >= 0.6 is 22.6 Å². The molecule has 0 saturated heterocycles. The SMILES string of the molecule is O=S(O)c1cc(I)cc(CNC2CC2)c1. The lowest BCUT2D eigenvalue weighted by Gasteiger charge is -2.05. The molecule has 5 heteroatoms. The van der Waals surface area contributed by atoms with Gasteiger partial charge in [0.05, 0.1) is 4.90 Å². The highest BCUT2D eigenvalue weighted by Crippen LogP contribution is 2.20. The summed E-state index contributed by atoms with van der Waals surface area (Å²) in [6.07, 6.45) is 2.51. The van der Waals surface area contributed by atoms with Crippen molar-refractivity contribution in [2.75, 3.05) is 0 Å². The second-order valence-electron chi connectivity index (χ2n) is 3.70. The number of hydrogen-bond donors (Lipinski definition) is 2. The Morgan fingerprint density at radius 1 is 1.47 bits per heavy atom. The third kappa shape index (κ3) is 3.51. The second-order valence-corrected chi connectivity index (χ2v) is 5.91. The summed E-state index contributed by atoms with van der Waals surface area (Å²) >= 11 is 0.283. The van der Waals surface area contributed by atoms with E-state index in [-0.39, 0.29) is 0 Å². The number of hydrogen-bond acceptors (Lipinski definition) is 2. The standard InChI is InChI=1S/C10H12INO2S/c11-8-3-7(6-12-9-1-2-9)4-10(5-8)15(13)14/h3-5,9,12H,1-2,6H2,(H,13,14). The van der Waals surface area contributed by atoms with Crippen molar-refractivity contribution in [2.24, 2.45) is 0 Å². The van der Waals surface area contributed by atoms with Gasteiger partial charge in [0, 0.05) is 16.2 Å². The molecule has 0 aliphatic heterocycles. The third-order valence-electron chi connectivity index (χ3n) is 2.30. The van der Waals surface area contributed by atoms with Crippen LogP contribution < -0.4 is 5.32 Å². The number of halogens is 1. The fraction of sp³-hybridized carbons (Fsp3) is 0.400. The fourth-order valence-electron chi connectivity index (χ4n) is 1.37. The highest BCUT2D eigenvalue weighted by atomic mass is 127. The van der Waals surface area contributed by atoms with E-state index in [9.17, 15) is 4.21 Å². The molecule has 1 unspecified atom stereocenters. The molecule has 3 nitrogen and oxygen atoms in total. The zero-order chi connectivity index (χ0) is 10.8. The van der Waals surface area contributed by atoms with Crippen molar-refractivity contribution in [3.05, 3.63) is 27.3 Å². The molecule has 1 aromatic rings. The summed E-state index contributed by atoms with van der Waals surface area (Å²) < 4.78 is 21.0. The molecule has 15 heavy (non-hydrogen) atoms. The van der Waals surface area contributed by atoms with Gasteiger partial charge in [-0.1, -0.05) is 0 Å². The Morgan fingerprint density at radius 2 is 2.20 bits per heavy atom. The van der Waals surface area contributed by atoms with Crippen LogP contribution in [0.25, 0.3) is 0 Å². The van der Waals surface area contributed by atoms with Crippen molar-refractivity contribution >= 4 is 33.7 Å². The predicted octanol–water partition coefficient (Wildman–Crippen LogP) is 2.12. The summed E-state index contributed by atoms with van der Waals surface area (Å²) in [7, 11) is 0. The highest BCUT2D eigenvalue weighted by molar-refractivity contribution is 14.1. The Bertz CT molecular complexity index is 393. The topological polar surface area (TPSA) is 49.3 Å². The van der Waals surface area contributed by atoms with Gasteiger partial charge in [-0.2, -0.15) is 0 Å². The van der Waals surface area contributed by atoms with Crippen molar-refractivity contribution in [3.8, 4) is 0 Å². The first-order chi connectivity index (χ1) is 7.15. The van der Waals surface area contributed by atoms with Crippen LogP contribution in [0.5, 0.6) is 0 Å². The Balaban J connectivity index is 2.10. The third-order valence-corrected chi connectivity index (χ3v) is 3.57. The molecule has 1 fully saturated rings. The number of rotatable bonds is 4. The van der Waals surface area contributed by atoms with Crippen LogP contribution in [0.2, 0.25) is 0 Å². The Labute approximate surface area is 105 Å². The first kappa shape index (κ1) is 11.5. The van der Waals surface area contributed by atoms with Gasteiger partial charge in [0.25, 0.3) is 0 Å². The molecule has 2 rings (SSSR count). The average Bonchev–Trinajstić information content (AvgIpc) is 2.97. The van der Waals surface area contributed by atoms with Gasteiger partial charge in [0.2, 0.25) is 0 Å². The fourth-order valence-corrected chi connectivity index (χ4v) is 2.80. The van der Waals surface area contributed by atoms with Crippen LogP contribution in [0.1, 0.15) is 18.4 Å². The lowest BCUT2D eigenvalue weighted by Crippen LogP contribution is -2.15. The molecule has 0 radical (unpaired) electrons. The van der Waals surface area contributed by atoms with Crippen molar-refractivity contribution in [1.29, 1.82) is 0 Å². The van der Waals surface area contributed by atoms with Crippen LogP contribution in [0.3, 0.4) is 0 Å². The largest absolute Gasteiger partial charge is 0.310 e. The molecule has 0 bridgehead atoms. The van der Waals surface area contributed by atoms with Crippen LogP contribution in [0, 0.1) is 3.57 Å². The summed E-state index contributed by atoms with van der Waals surface area (Å²) in [4.78, 5) is 0.481. The van der Waals surface area contributed by atoms with E-state index >= 15 is 0 Å². The molecule has 1 aromatic carbocycles. The maximum atomic E-state index is 10.9. The highest BCUT2D eigenvalue weighted by Gasteiger charge is 2.20. The van der Waals surface area contributed by atoms with E-state index in [1.54, 1.807) is 12.1 Å². The molecule has 0 amide bonds. The molecule has 2 N–H and O–H groups in total. The average molecular weight is 337 g/mol. The lowest BCUT2D eigenvalue weighted by molar-refractivity contribution is 0.564. The zero-order valence-corrected chi connectivity index (χ0v) is 11.0. The van der Waals surface area contributed by atoms with Crippen molar-refractivity contribution in [1.82, 2.24) is 5.32 Å². The minimum atomic E-state index is -1.88. The van der Waals surface area contributed by atoms with Crippen LogP contribution in [0.15, 0.2) is 23.1 Å². The maximum Gasteiger partial charge on any atom is 0.186 e. The van der Waals surface area contributed by atoms with E-state index < -0.39 is 11.1 Å². The van der Waals surface area contributed by atoms with E-state index in [4.69, 9.17) is 4.55 Å². The zero-order valence-electron chi connectivity index (χ0n) is 8.07. The summed E-state index contributed by atoms with van der Waals surface area (Å²) in [6, 6.07) is 6.21. The van der Waals surface area contributed by atoms with Crippen LogP contribution in [-0.2, 0) is 17.6 Å². The lowest BCUT2D eigenvalue weighted by atomic mass is 10.2. The van der Waals surface area contributed by atoms with Crippen molar-refractivity contribution in [3.63, 3.8) is 0 Å². The quantitative estimate of drug-likeness (QED) is 0.654. The molecular formula is C10H12INO2S. The minimum Gasteiger partial charge on any atom is -0.310 e. The Kier molecular flexibility index (Phi) is 3.76. The molecule has 1 saturated carbocycles. The molecular weight excluding hydrogens is 325 g/mol. The van der Waals surface area contributed by atoms with Gasteiger partial charge in [0.15, 0.2) is 11.1 Å². The summed E-state index contributed by atoms with van der Waals surface area (Å²) in [5.74, 6) is 0. The first-order valence-corrected chi connectivity index (χ1v) is 6.97. The van der Waals surface area contributed by atoms with Gasteiger partial charge < -0.3 is 9.87 Å². The smallest absolute Gasteiger partial charge is 0.186 e. The first-order valence-electron chi connectivity index (χ1n) is 4.79. The van der Waals surface area contributed by atoms with Gasteiger partial charge in [-0.15, -0.1) is 0 Å². The predicted molar refractivity (Wildman–Crippen MR) is 68.1 cm³/mol. The molecule has 1 aliphatic carbocycles. The van der Waals surface area contributed by atoms with Crippen LogP contribution in [-0.4, -0.2) is 14.8 Å². The molecule has 0 spiro atoms. The van der Waals surface area contributed by atoms with E-state index in [2.05, 4.69) is 27.9 Å². The Morgan fingerprint density at radius 3 is 2.80 bits per heavy atom. The molecule has 1 atom stereocenters. The van der Waals surface area contributed by atoms with Gasteiger partial charge in [-0.25, -0.2) is 4.21 Å². The van der Waals surface area contributed by atoms with E-state index in [1.165, 1.54) is 12.8 Å². The van der Waals surface area contributed by atoms with Crippen molar-refractivity contribution < 1.29 is 8.76 Å². The molecule has 82 valence electrons. The van der Waals surface area contributed by atoms with Gasteiger partial charge in [-0.05, 0) is 59.2 Å². The molecule has 0 aromatic heterocycles. The second kappa shape index (κ2) is 4.90. The number of benzene rings is 1. The van der Waals surface area contributed by atoms with Gasteiger partial charge in [-0.3, -0.25) is 0 Å². The summed E-state index contributed by atoms with van der Waals surface area (Å²) in [5.41, 5.74) is 1.08. The minimum absolute atomic E-state index is 0.481. The van der Waals surface area contributed by atoms with E-state index in [0.29, 0.717) is 10.9 Å². The Hall–Kier alpha value is 0.0200. The van der Waals surface area contributed by atoms with E-state index in [1.807, 2.05) is 6.07 Å².